The van der Waals surface area contributed by atoms with E-state index in [9.17, 15) is 14.7 Å². The van der Waals surface area contributed by atoms with Crippen LogP contribution in [0.2, 0.25) is 0 Å². The van der Waals surface area contributed by atoms with Crippen molar-refractivity contribution >= 4 is 23.5 Å². The van der Waals surface area contributed by atoms with Crippen molar-refractivity contribution < 1.29 is 37.7 Å². The van der Waals surface area contributed by atoms with E-state index < -0.39 is 34.6 Å². The van der Waals surface area contributed by atoms with Gasteiger partial charge in [-0.15, -0.1) is 0 Å². The summed E-state index contributed by atoms with van der Waals surface area (Å²) in [6, 6.07) is 5.99. The van der Waals surface area contributed by atoms with Gasteiger partial charge in [0.25, 0.3) is 11.8 Å². The molecular weight excluding hydrogens is 660 g/mol. The molecule has 276 valence electrons. The monoisotopic (exact) mass is 709 g/mol. The molecular formula is C38H49F2N5O6. The van der Waals surface area contributed by atoms with E-state index in [0.29, 0.717) is 51.4 Å². The molecule has 2 N–H and O–H groups in total. The van der Waals surface area contributed by atoms with E-state index in [1.165, 1.54) is 0 Å². The predicted octanol–water partition coefficient (Wildman–Crippen LogP) is 5.29. The zero-order valence-corrected chi connectivity index (χ0v) is 29.5. The number of alkyl halides is 2. The number of aromatic nitrogens is 2. The molecule has 4 aliphatic heterocycles. The highest BCUT2D eigenvalue weighted by atomic mass is 19.3. The number of hydrogen-bond acceptors (Lipinski definition) is 9. The Bertz CT molecular complexity index is 1650. The molecule has 2 aromatic rings. The Balaban J connectivity index is 1.05. The van der Waals surface area contributed by atoms with Gasteiger partial charge in [0.05, 0.1) is 18.8 Å². The number of anilines is 2. The number of nitrogens with one attached hydrogen (secondary N) is 1. The summed E-state index contributed by atoms with van der Waals surface area (Å²) < 4.78 is 48.4. The Labute approximate surface area is 297 Å². The number of likely N-dealkylation sites (tertiary alicyclic amines) is 1. The number of carbonyl (C=O) groups excluding carboxylic acids is 1. The van der Waals surface area contributed by atoms with Crippen LogP contribution in [-0.2, 0) is 25.6 Å². The van der Waals surface area contributed by atoms with Crippen LogP contribution >= 0.6 is 0 Å². The first kappa shape index (κ1) is 34.7. The summed E-state index contributed by atoms with van der Waals surface area (Å²) in [5.41, 5.74) is -1.05. The maximum atomic E-state index is 15.4. The Morgan fingerprint density at radius 1 is 1.12 bits per heavy atom. The van der Waals surface area contributed by atoms with Crippen LogP contribution in [0.3, 0.4) is 0 Å². The molecule has 51 heavy (non-hydrogen) atoms. The van der Waals surface area contributed by atoms with Crippen LogP contribution in [0.1, 0.15) is 86.8 Å². The molecule has 5 heterocycles. The van der Waals surface area contributed by atoms with E-state index in [1.54, 1.807) is 0 Å². The number of carbonyl (C=O) groups is 2. The summed E-state index contributed by atoms with van der Waals surface area (Å²) in [7, 11) is 0. The fourth-order valence-electron chi connectivity index (χ4n) is 9.93. The smallest absolute Gasteiger partial charge is 0.329 e. The highest BCUT2D eigenvalue weighted by Gasteiger charge is 2.56. The van der Waals surface area contributed by atoms with E-state index in [4.69, 9.17) is 14.2 Å². The van der Waals surface area contributed by atoms with Gasteiger partial charge in [0.1, 0.15) is 23.1 Å². The third-order valence-corrected chi connectivity index (χ3v) is 12.5. The number of piperidine rings is 1. The summed E-state index contributed by atoms with van der Waals surface area (Å²) in [4.78, 5) is 39.7. The van der Waals surface area contributed by atoms with Gasteiger partial charge < -0.3 is 34.4 Å². The fraction of sp³-hybridized carbons (Fsp3) is 0.684. The van der Waals surface area contributed by atoms with Crippen molar-refractivity contribution in [3.8, 4) is 5.75 Å². The largest absolute Gasteiger partial charge is 0.490 e. The number of fused-ring (bicyclic) bond motifs is 4. The number of ether oxygens (including phenoxy) is 3. The average Bonchev–Trinajstić information content (AvgIpc) is 3.53. The first-order valence-electron chi connectivity index (χ1n) is 18.7. The van der Waals surface area contributed by atoms with Gasteiger partial charge in [-0.25, -0.2) is 14.8 Å². The van der Waals surface area contributed by atoms with Crippen LogP contribution in [0.4, 0.5) is 20.4 Å². The normalized spacial score (nSPS) is 29.5. The molecule has 11 nitrogen and oxygen atoms in total. The van der Waals surface area contributed by atoms with Crippen molar-refractivity contribution in [2.45, 2.75) is 88.2 Å². The van der Waals surface area contributed by atoms with Crippen molar-refractivity contribution in [3.05, 3.63) is 41.2 Å². The lowest BCUT2D eigenvalue weighted by Crippen LogP contribution is -2.57. The highest BCUT2D eigenvalue weighted by Crippen LogP contribution is 2.52. The second-order valence-electron chi connectivity index (χ2n) is 16.3. The molecule has 1 aromatic heterocycles. The molecule has 2 saturated carbocycles. The molecule has 3 saturated heterocycles. The molecule has 1 spiro atoms. The SMILES string of the molecule is CC1CC2CC(C1)C(NC(=O)c1cnc(N3CC4(CCOCC4)c4cc(OC5CCN(CC6COC6)CC5)ccc43)nc1C(C)(F)F)(C(=O)O)C2. The number of carboxylic acids is 1. The van der Waals surface area contributed by atoms with Gasteiger partial charge in [0, 0.05) is 69.5 Å². The minimum Gasteiger partial charge on any atom is -0.490 e. The zero-order chi connectivity index (χ0) is 35.5. The van der Waals surface area contributed by atoms with Crippen molar-refractivity contribution in [2.75, 3.05) is 57.5 Å². The first-order chi connectivity index (χ1) is 24.4. The summed E-state index contributed by atoms with van der Waals surface area (Å²) in [6.07, 6.45) is 7.20. The van der Waals surface area contributed by atoms with Gasteiger partial charge in [-0.1, -0.05) is 6.92 Å². The lowest BCUT2D eigenvalue weighted by Gasteiger charge is -2.37. The van der Waals surface area contributed by atoms with Crippen LogP contribution in [0.25, 0.3) is 0 Å². The molecule has 2 bridgehead atoms. The maximum absolute atomic E-state index is 15.4. The van der Waals surface area contributed by atoms with E-state index in [-0.39, 0.29) is 35.7 Å². The third kappa shape index (κ3) is 6.47. The average molecular weight is 710 g/mol. The Morgan fingerprint density at radius 3 is 2.57 bits per heavy atom. The standard InChI is InChI=1S/C38H49F2N5O6/c1-23-13-24-15-26(14-23)38(17-24,34(47)48)43-33(46)29-18-41-35(42-32(29)36(2,39)40)45-22-37(7-11-49-12-8-37)30-16-28(3-4-31(30)45)51-27-5-9-44(10-6-27)19-25-20-50-21-25/h3-4,16,18,23-27H,5-15,17,19-22H2,1-2H3,(H,43,46)(H,47,48). The lowest BCUT2D eigenvalue weighted by atomic mass is 9.76. The summed E-state index contributed by atoms with van der Waals surface area (Å²) in [5, 5.41) is 13.1. The summed E-state index contributed by atoms with van der Waals surface area (Å²) >= 11 is 0. The number of benzene rings is 1. The van der Waals surface area contributed by atoms with Gasteiger partial charge in [-0.05, 0) is 92.9 Å². The zero-order valence-electron chi connectivity index (χ0n) is 29.5. The molecule has 5 fully saturated rings. The predicted molar refractivity (Wildman–Crippen MR) is 184 cm³/mol. The number of aliphatic carboxylic acids is 1. The molecule has 0 radical (unpaired) electrons. The molecule has 2 aliphatic carbocycles. The number of amides is 1. The van der Waals surface area contributed by atoms with Gasteiger partial charge in [0.15, 0.2) is 0 Å². The molecule has 1 aromatic carbocycles. The van der Waals surface area contributed by atoms with Crippen molar-refractivity contribution in [3.63, 3.8) is 0 Å². The van der Waals surface area contributed by atoms with Gasteiger partial charge >= 0.3 is 5.97 Å². The van der Waals surface area contributed by atoms with Crippen molar-refractivity contribution in [1.29, 1.82) is 0 Å². The van der Waals surface area contributed by atoms with E-state index >= 15 is 8.78 Å². The van der Waals surface area contributed by atoms with Crippen LogP contribution in [-0.4, -0.2) is 96.1 Å². The Kier molecular flexibility index (Phi) is 8.98. The van der Waals surface area contributed by atoms with E-state index in [0.717, 1.165) is 88.1 Å². The number of nitrogens with zero attached hydrogens (tertiary/aromatic N) is 4. The fourth-order valence-corrected chi connectivity index (χ4v) is 9.93. The maximum Gasteiger partial charge on any atom is 0.329 e. The quantitative estimate of drug-likeness (QED) is 0.355. The van der Waals surface area contributed by atoms with Crippen LogP contribution in [0.15, 0.2) is 24.4 Å². The topological polar surface area (TPSA) is 126 Å². The summed E-state index contributed by atoms with van der Waals surface area (Å²) in [6.45, 7) is 9.21. The number of rotatable bonds is 9. The lowest BCUT2D eigenvalue weighted by molar-refractivity contribution is -0.146. The molecule has 4 atom stereocenters. The number of hydrogen-bond donors (Lipinski definition) is 2. The second kappa shape index (κ2) is 13.2. The van der Waals surface area contributed by atoms with Crippen LogP contribution in [0, 0.1) is 23.7 Å². The molecule has 4 unspecified atom stereocenters. The molecule has 6 aliphatic rings. The Morgan fingerprint density at radius 2 is 1.88 bits per heavy atom. The van der Waals surface area contributed by atoms with E-state index in [2.05, 4.69) is 33.2 Å². The Hall–Kier alpha value is -3.42. The van der Waals surface area contributed by atoms with Crippen molar-refractivity contribution in [2.24, 2.45) is 23.7 Å². The minimum atomic E-state index is -3.49. The van der Waals surface area contributed by atoms with Gasteiger partial charge in [-0.3, -0.25) is 4.79 Å². The van der Waals surface area contributed by atoms with Gasteiger partial charge in [-0.2, -0.15) is 8.78 Å². The second-order valence-corrected chi connectivity index (χ2v) is 16.3. The minimum absolute atomic E-state index is 0.0732. The van der Waals surface area contributed by atoms with E-state index in [1.807, 2.05) is 17.0 Å². The van der Waals surface area contributed by atoms with Gasteiger partial charge in [0.2, 0.25) is 5.95 Å². The number of carboxylic acid groups (broad SMARTS) is 1. The first-order valence-corrected chi connectivity index (χ1v) is 18.7. The molecule has 1 amide bonds. The molecule has 8 rings (SSSR count). The van der Waals surface area contributed by atoms with Crippen molar-refractivity contribution in [1.82, 2.24) is 20.2 Å². The highest BCUT2D eigenvalue weighted by molar-refractivity contribution is 5.99. The molecule has 13 heteroatoms. The number of halogens is 2. The summed E-state index contributed by atoms with van der Waals surface area (Å²) in [5.74, 6) is -3.74. The van der Waals surface area contributed by atoms with Crippen LogP contribution < -0.4 is 15.0 Å². The van der Waals surface area contributed by atoms with Crippen LogP contribution in [0.5, 0.6) is 5.75 Å². The third-order valence-electron chi connectivity index (χ3n) is 12.5.